The number of hydrogen-bond donors (Lipinski definition) is 1. The second-order valence-electron chi connectivity index (χ2n) is 12.2. The molecule has 0 fully saturated rings. The summed E-state index contributed by atoms with van der Waals surface area (Å²) in [6.45, 7) is 0. The van der Waals surface area contributed by atoms with Crippen LogP contribution in [0.2, 0.25) is 0 Å². The molecule has 47 heavy (non-hydrogen) atoms. The Morgan fingerprint density at radius 2 is 1.17 bits per heavy atom. The van der Waals surface area contributed by atoms with E-state index in [0.29, 0.717) is 5.84 Å². The molecule has 1 N–H and O–H groups in total. The van der Waals surface area contributed by atoms with Crippen molar-refractivity contribution in [1.29, 1.82) is 0 Å². The molecule has 220 valence electrons. The fraction of sp³-hybridized carbons (Fsp3) is 0.0233. The highest BCUT2D eigenvalue weighted by molar-refractivity contribution is 6.25. The number of hydrogen-bond acceptors (Lipinski definition) is 4. The molecule has 9 aromatic rings. The second kappa shape index (κ2) is 10.1. The molecule has 0 amide bonds. The lowest BCUT2D eigenvalue weighted by Gasteiger charge is -2.25. The van der Waals surface area contributed by atoms with Crippen molar-refractivity contribution in [3.05, 3.63) is 168 Å². The van der Waals surface area contributed by atoms with Crippen molar-refractivity contribution in [1.82, 2.24) is 5.32 Å². The molecule has 4 nitrogen and oxygen atoms in total. The van der Waals surface area contributed by atoms with E-state index in [2.05, 4.69) is 108 Å². The molecule has 0 saturated carbocycles. The maximum atomic E-state index is 6.59. The number of amidine groups is 2. The Morgan fingerprint density at radius 3 is 1.98 bits per heavy atom. The average Bonchev–Trinajstić information content (AvgIpc) is 3.52. The Kier molecular flexibility index (Phi) is 5.60. The summed E-state index contributed by atoms with van der Waals surface area (Å²) in [5.41, 5.74) is 6.99. The summed E-state index contributed by atoms with van der Waals surface area (Å²) in [6, 6.07) is 53.3. The van der Waals surface area contributed by atoms with Gasteiger partial charge in [-0.25, -0.2) is 9.98 Å². The zero-order chi connectivity index (χ0) is 30.9. The lowest BCUT2D eigenvalue weighted by atomic mass is 9.89. The Hall–Kier alpha value is -6.26. The van der Waals surface area contributed by atoms with E-state index in [0.717, 1.165) is 50.0 Å². The highest BCUT2D eigenvalue weighted by Gasteiger charge is 2.26. The van der Waals surface area contributed by atoms with Crippen molar-refractivity contribution in [2.75, 3.05) is 0 Å². The second-order valence-corrected chi connectivity index (χ2v) is 12.2. The van der Waals surface area contributed by atoms with Crippen LogP contribution in [0.4, 0.5) is 0 Å². The van der Waals surface area contributed by atoms with Crippen LogP contribution in [0.1, 0.15) is 22.9 Å². The van der Waals surface area contributed by atoms with E-state index in [1.807, 2.05) is 48.5 Å². The van der Waals surface area contributed by atoms with Gasteiger partial charge in [0, 0.05) is 27.5 Å². The van der Waals surface area contributed by atoms with Gasteiger partial charge in [-0.05, 0) is 61.6 Å². The molecule has 1 aromatic heterocycles. The van der Waals surface area contributed by atoms with E-state index in [-0.39, 0.29) is 0 Å². The molecule has 1 aliphatic rings. The molecule has 1 atom stereocenters. The molecule has 0 bridgehead atoms. The summed E-state index contributed by atoms with van der Waals surface area (Å²) in [5, 5.41) is 13.4. The van der Waals surface area contributed by atoms with Crippen LogP contribution in [0, 0.1) is 0 Å². The minimum absolute atomic E-state index is 0.402. The van der Waals surface area contributed by atoms with Gasteiger partial charge in [0.25, 0.3) is 0 Å². The van der Waals surface area contributed by atoms with Crippen molar-refractivity contribution in [3.63, 3.8) is 0 Å². The van der Waals surface area contributed by atoms with Gasteiger partial charge >= 0.3 is 0 Å². The van der Waals surface area contributed by atoms with Crippen LogP contribution in [0.25, 0.3) is 65.4 Å². The van der Waals surface area contributed by atoms with Crippen LogP contribution in [-0.4, -0.2) is 11.7 Å². The largest absolute Gasteiger partial charge is 0.456 e. The van der Waals surface area contributed by atoms with E-state index in [9.17, 15) is 0 Å². The molecule has 0 saturated heterocycles. The van der Waals surface area contributed by atoms with Crippen LogP contribution in [0.15, 0.2) is 166 Å². The van der Waals surface area contributed by atoms with Crippen LogP contribution in [-0.2, 0) is 0 Å². The maximum absolute atomic E-state index is 6.59. The third-order valence-electron chi connectivity index (χ3n) is 9.46. The monoisotopic (exact) mass is 601 g/mol. The summed E-state index contributed by atoms with van der Waals surface area (Å²) in [6.07, 6.45) is -0.402. The molecule has 8 aromatic carbocycles. The maximum Gasteiger partial charge on any atom is 0.159 e. The molecule has 1 aliphatic heterocycles. The number of nitrogens with zero attached hydrogens (tertiary/aromatic N) is 2. The Bertz CT molecular complexity index is 2690. The van der Waals surface area contributed by atoms with Crippen LogP contribution in [0.5, 0.6) is 0 Å². The quantitative estimate of drug-likeness (QED) is 0.204. The first-order chi connectivity index (χ1) is 23.3. The smallest absolute Gasteiger partial charge is 0.159 e. The Morgan fingerprint density at radius 1 is 0.489 bits per heavy atom. The van der Waals surface area contributed by atoms with Crippen molar-refractivity contribution in [2.45, 2.75) is 6.17 Å². The van der Waals surface area contributed by atoms with E-state index >= 15 is 0 Å². The molecule has 1 unspecified atom stereocenters. The highest BCUT2D eigenvalue weighted by Crippen LogP contribution is 2.43. The summed E-state index contributed by atoms with van der Waals surface area (Å²) in [5.74, 6) is 1.49. The van der Waals surface area contributed by atoms with Gasteiger partial charge in [0.15, 0.2) is 5.84 Å². The van der Waals surface area contributed by atoms with Crippen LogP contribution >= 0.6 is 0 Å². The molecule has 10 rings (SSSR count). The molecular weight excluding hydrogens is 574 g/mol. The summed E-state index contributed by atoms with van der Waals surface area (Å²) >= 11 is 0. The molecule has 0 radical (unpaired) electrons. The van der Waals surface area contributed by atoms with Gasteiger partial charge in [0.05, 0.1) is 0 Å². The van der Waals surface area contributed by atoms with E-state index < -0.39 is 6.17 Å². The number of para-hydroxylation sites is 1. The van der Waals surface area contributed by atoms with Gasteiger partial charge in [0.2, 0.25) is 0 Å². The zero-order valence-corrected chi connectivity index (χ0v) is 25.3. The Balaban J connectivity index is 1.24. The van der Waals surface area contributed by atoms with Gasteiger partial charge in [-0.3, -0.25) is 0 Å². The summed E-state index contributed by atoms with van der Waals surface area (Å²) in [4.78, 5) is 10.3. The lowest BCUT2D eigenvalue weighted by molar-refractivity contribution is 0.662. The van der Waals surface area contributed by atoms with E-state index in [1.54, 1.807) is 0 Å². The predicted molar refractivity (Wildman–Crippen MR) is 195 cm³/mol. The number of rotatable bonds is 4. The molecular formula is C43H27N3O. The molecule has 2 heterocycles. The van der Waals surface area contributed by atoms with Gasteiger partial charge in [0.1, 0.15) is 23.2 Å². The minimum atomic E-state index is -0.402. The molecule has 0 aliphatic carbocycles. The number of nitrogens with one attached hydrogen (secondary N) is 1. The molecule has 4 heteroatoms. The minimum Gasteiger partial charge on any atom is -0.456 e. The lowest BCUT2D eigenvalue weighted by Crippen LogP contribution is -2.33. The molecule has 0 spiro atoms. The summed E-state index contributed by atoms with van der Waals surface area (Å²) < 4.78 is 6.59. The fourth-order valence-electron chi connectivity index (χ4n) is 7.31. The standard InChI is InChI=1S/C43H27N3O/c1-3-10-29(11-4-1)41-44-42(30-12-5-2-6-13-30)46-43(45-41)35-24-31(25-37-40(35)34-16-7-8-17-36(34)47-37)32-22-20-28-19-18-26-14-9-15-27-21-23-33(32)39(28)38(26)27/h1-25,43H,(H,44,45,46). The number of benzene rings is 8. The van der Waals surface area contributed by atoms with Gasteiger partial charge in [-0.15, -0.1) is 0 Å². The third kappa shape index (κ3) is 4.08. The Labute approximate surface area is 270 Å². The van der Waals surface area contributed by atoms with Crippen molar-refractivity contribution < 1.29 is 4.42 Å². The first kappa shape index (κ1) is 26.0. The SMILES string of the molecule is c1ccc(C2=NC(c3cc(-c4ccc5ccc6cccc7ccc4c5c67)cc4oc5ccccc5c34)NC(c3ccccc3)=N2)cc1. The van der Waals surface area contributed by atoms with Gasteiger partial charge in [-0.2, -0.15) is 0 Å². The van der Waals surface area contributed by atoms with Gasteiger partial charge < -0.3 is 9.73 Å². The first-order valence-electron chi connectivity index (χ1n) is 15.9. The fourth-order valence-corrected chi connectivity index (χ4v) is 7.31. The first-order valence-corrected chi connectivity index (χ1v) is 15.9. The summed E-state index contributed by atoms with van der Waals surface area (Å²) in [7, 11) is 0. The van der Waals surface area contributed by atoms with Crippen molar-refractivity contribution in [2.24, 2.45) is 9.98 Å². The van der Waals surface area contributed by atoms with Gasteiger partial charge in [-0.1, -0.05) is 133 Å². The van der Waals surface area contributed by atoms with Crippen LogP contribution < -0.4 is 5.32 Å². The normalized spacial score (nSPS) is 15.0. The van der Waals surface area contributed by atoms with Crippen molar-refractivity contribution >= 4 is 65.9 Å². The average molecular weight is 602 g/mol. The number of furan rings is 1. The van der Waals surface area contributed by atoms with Crippen molar-refractivity contribution in [3.8, 4) is 11.1 Å². The number of aliphatic imine (C=N–C) groups is 2. The number of fused-ring (bicyclic) bond motifs is 3. The zero-order valence-electron chi connectivity index (χ0n) is 25.3. The third-order valence-corrected chi connectivity index (χ3v) is 9.46. The highest BCUT2D eigenvalue weighted by atomic mass is 16.3. The van der Waals surface area contributed by atoms with Crippen LogP contribution in [0.3, 0.4) is 0 Å². The topological polar surface area (TPSA) is 49.9 Å². The van der Waals surface area contributed by atoms with E-state index in [1.165, 1.54) is 37.9 Å². The predicted octanol–water partition coefficient (Wildman–Crippen LogP) is 10.6. The van der Waals surface area contributed by atoms with E-state index in [4.69, 9.17) is 14.4 Å².